The number of likely N-dealkylation sites (N-methyl/N-ethyl adjacent to an activating group) is 1. The SMILES string of the molecule is CNCCNCCC(C)(OCCC(C)(C)C)C1CC1. The Hall–Kier alpha value is -0.120. The van der Waals surface area contributed by atoms with Crippen molar-refractivity contribution >= 4 is 0 Å². The van der Waals surface area contributed by atoms with Gasteiger partial charge in [-0.3, -0.25) is 0 Å². The summed E-state index contributed by atoms with van der Waals surface area (Å²) in [6.07, 6.45) is 4.97. The summed E-state index contributed by atoms with van der Waals surface area (Å²) >= 11 is 0. The molecule has 114 valence electrons. The molecule has 0 amide bonds. The van der Waals surface area contributed by atoms with Crippen LogP contribution in [0.15, 0.2) is 0 Å². The van der Waals surface area contributed by atoms with Gasteiger partial charge in [-0.25, -0.2) is 0 Å². The summed E-state index contributed by atoms with van der Waals surface area (Å²) in [6, 6.07) is 0. The minimum atomic E-state index is 0.0951. The summed E-state index contributed by atoms with van der Waals surface area (Å²) in [4.78, 5) is 0. The van der Waals surface area contributed by atoms with Gasteiger partial charge in [-0.1, -0.05) is 20.8 Å². The summed E-state index contributed by atoms with van der Waals surface area (Å²) in [5, 5.41) is 6.65. The zero-order valence-corrected chi connectivity index (χ0v) is 13.6. The normalized spacial score (nSPS) is 19.4. The first kappa shape index (κ1) is 16.9. The Morgan fingerprint density at radius 3 is 2.21 bits per heavy atom. The highest BCUT2D eigenvalue weighted by atomic mass is 16.5. The van der Waals surface area contributed by atoms with Crippen molar-refractivity contribution < 1.29 is 4.74 Å². The van der Waals surface area contributed by atoms with Gasteiger partial charge in [0.2, 0.25) is 0 Å². The molecule has 0 aromatic heterocycles. The number of hydrogen-bond acceptors (Lipinski definition) is 3. The van der Waals surface area contributed by atoms with Gasteiger partial charge in [0.25, 0.3) is 0 Å². The molecule has 1 aliphatic carbocycles. The summed E-state index contributed by atoms with van der Waals surface area (Å²) in [7, 11) is 1.99. The van der Waals surface area contributed by atoms with E-state index in [9.17, 15) is 0 Å². The highest BCUT2D eigenvalue weighted by molar-refractivity contribution is 4.93. The first-order chi connectivity index (χ1) is 8.87. The van der Waals surface area contributed by atoms with E-state index < -0.39 is 0 Å². The summed E-state index contributed by atoms with van der Waals surface area (Å²) in [6.45, 7) is 13.2. The summed E-state index contributed by atoms with van der Waals surface area (Å²) in [5.74, 6) is 0.790. The molecular weight excluding hydrogens is 236 g/mol. The van der Waals surface area contributed by atoms with Crippen LogP contribution in [0, 0.1) is 11.3 Å². The third-order valence-corrected chi connectivity index (χ3v) is 4.07. The molecule has 0 bridgehead atoms. The Kier molecular flexibility index (Phi) is 6.78. The molecule has 0 spiro atoms. The molecule has 0 aliphatic heterocycles. The Morgan fingerprint density at radius 2 is 1.68 bits per heavy atom. The summed E-state index contributed by atoms with van der Waals surface area (Å²) in [5.41, 5.74) is 0.466. The first-order valence-electron chi connectivity index (χ1n) is 7.87. The van der Waals surface area contributed by atoms with E-state index in [-0.39, 0.29) is 5.60 Å². The van der Waals surface area contributed by atoms with Gasteiger partial charge in [0.05, 0.1) is 5.60 Å². The van der Waals surface area contributed by atoms with Crippen LogP contribution in [-0.4, -0.2) is 38.9 Å². The molecule has 1 aliphatic rings. The van der Waals surface area contributed by atoms with E-state index in [1.807, 2.05) is 7.05 Å². The van der Waals surface area contributed by atoms with Crippen molar-refractivity contribution in [1.29, 1.82) is 0 Å². The highest BCUT2D eigenvalue weighted by Crippen LogP contribution is 2.43. The topological polar surface area (TPSA) is 33.3 Å². The maximum Gasteiger partial charge on any atom is 0.0694 e. The maximum absolute atomic E-state index is 6.28. The lowest BCUT2D eigenvalue weighted by Gasteiger charge is -2.32. The molecule has 0 aromatic rings. The van der Waals surface area contributed by atoms with Crippen LogP contribution in [0.5, 0.6) is 0 Å². The van der Waals surface area contributed by atoms with Crippen LogP contribution in [-0.2, 0) is 4.74 Å². The van der Waals surface area contributed by atoms with Gasteiger partial charge in [0.1, 0.15) is 0 Å². The molecule has 3 nitrogen and oxygen atoms in total. The van der Waals surface area contributed by atoms with Crippen molar-refractivity contribution in [1.82, 2.24) is 10.6 Å². The van der Waals surface area contributed by atoms with Gasteiger partial charge < -0.3 is 15.4 Å². The van der Waals surface area contributed by atoms with E-state index in [0.717, 1.165) is 45.0 Å². The monoisotopic (exact) mass is 270 g/mol. The van der Waals surface area contributed by atoms with E-state index in [1.165, 1.54) is 12.8 Å². The Balaban J connectivity index is 2.25. The van der Waals surface area contributed by atoms with Crippen molar-refractivity contribution in [3.05, 3.63) is 0 Å². The van der Waals surface area contributed by atoms with Crippen LogP contribution in [0.25, 0.3) is 0 Å². The fourth-order valence-electron chi connectivity index (χ4n) is 2.35. The minimum absolute atomic E-state index is 0.0951. The zero-order chi connectivity index (χ0) is 14.4. The van der Waals surface area contributed by atoms with Gasteiger partial charge in [-0.15, -0.1) is 0 Å². The first-order valence-corrected chi connectivity index (χ1v) is 7.87. The molecule has 2 N–H and O–H groups in total. The lowest BCUT2D eigenvalue weighted by atomic mass is 9.92. The molecule has 1 fully saturated rings. The van der Waals surface area contributed by atoms with E-state index in [2.05, 4.69) is 38.3 Å². The van der Waals surface area contributed by atoms with Crippen molar-refractivity contribution in [2.75, 3.05) is 33.3 Å². The molecule has 3 heteroatoms. The number of nitrogens with one attached hydrogen (secondary N) is 2. The van der Waals surface area contributed by atoms with Crippen LogP contribution < -0.4 is 10.6 Å². The van der Waals surface area contributed by atoms with E-state index in [0.29, 0.717) is 5.41 Å². The second-order valence-corrected chi connectivity index (χ2v) is 7.35. The lowest BCUT2D eigenvalue weighted by Crippen LogP contribution is -2.37. The Morgan fingerprint density at radius 1 is 1.00 bits per heavy atom. The van der Waals surface area contributed by atoms with Crippen LogP contribution in [0.4, 0.5) is 0 Å². The molecule has 0 radical (unpaired) electrons. The third-order valence-electron chi connectivity index (χ3n) is 4.07. The van der Waals surface area contributed by atoms with Crippen LogP contribution in [0.2, 0.25) is 0 Å². The molecular formula is C16H34N2O. The third kappa shape index (κ3) is 7.28. The van der Waals surface area contributed by atoms with Gasteiger partial charge in [-0.05, 0) is 57.5 Å². The lowest BCUT2D eigenvalue weighted by molar-refractivity contribution is -0.0615. The molecule has 1 atom stereocenters. The molecule has 0 heterocycles. The smallest absolute Gasteiger partial charge is 0.0694 e. The Bertz CT molecular complexity index is 246. The Labute approximate surface area is 119 Å². The second kappa shape index (κ2) is 7.61. The van der Waals surface area contributed by atoms with Crippen LogP contribution >= 0.6 is 0 Å². The summed E-state index contributed by atoms with van der Waals surface area (Å²) < 4.78 is 6.28. The van der Waals surface area contributed by atoms with Crippen molar-refractivity contribution in [3.8, 4) is 0 Å². The quantitative estimate of drug-likeness (QED) is 0.599. The van der Waals surface area contributed by atoms with Crippen molar-refractivity contribution in [2.24, 2.45) is 11.3 Å². The van der Waals surface area contributed by atoms with Gasteiger partial charge in [0, 0.05) is 19.7 Å². The van der Waals surface area contributed by atoms with Gasteiger partial charge in [-0.2, -0.15) is 0 Å². The predicted molar refractivity (Wildman–Crippen MR) is 82.6 cm³/mol. The number of hydrogen-bond donors (Lipinski definition) is 2. The molecule has 0 aromatic carbocycles. The molecule has 0 saturated heterocycles. The number of rotatable bonds is 10. The maximum atomic E-state index is 6.28. The molecule has 1 rings (SSSR count). The molecule has 1 saturated carbocycles. The average molecular weight is 270 g/mol. The fraction of sp³-hybridized carbons (Fsp3) is 1.00. The van der Waals surface area contributed by atoms with Crippen molar-refractivity contribution in [3.63, 3.8) is 0 Å². The molecule has 1 unspecified atom stereocenters. The van der Waals surface area contributed by atoms with Gasteiger partial charge in [0.15, 0.2) is 0 Å². The fourth-order valence-corrected chi connectivity index (χ4v) is 2.35. The van der Waals surface area contributed by atoms with Crippen molar-refractivity contribution in [2.45, 2.75) is 59.0 Å². The van der Waals surface area contributed by atoms with Crippen LogP contribution in [0.1, 0.15) is 53.4 Å². The van der Waals surface area contributed by atoms with E-state index in [1.54, 1.807) is 0 Å². The highest BCUT2D eigenvalue weighted by Gasteiger charge is 2.42. The molecule has 19 heavy (non-hydrogen) atoms. The van der Waals surface area contributed by atoms with E-state index >= 15 is 0 Å². The van der Waals surface area contributed by atoms with Crippen LogP contribution in [0.3, 0.4) is 0 Å². The largest absolute Gasteiger partial charge is 0.375 e. The average Bonchev–Trinajstić information content (AvgIpc) is 3.11. The second-order valence-electron chi connectivity index (χ2n) is 7.35. The standard InChI is InChI=1S/C16H34N2O/c1-15(2,3)9-13-19-16(4,14-6-7-14)8-10-18-12-11-17-5/h14,17-18H,6-13H2,1-5H3. The predicted octanol–water partition coefficient (Wildman–Crippen LogP) is 2.81. The van der Waals surface area contributed by atoms with Gasteiger partial charge >= 0.3 is 0 Å². The van der Waals surface area contributed by atoms with E-state index in [4.69, 9.17) is 4.74 Å². The zero-order valence-electron chi connectivity index (χ0n) is 13.6. The minimum Gasteiger partial charge on any atom is -0.375 e. The number of ether oxygens (including phenoxy) is 1.